The van der Waals surface area contributed by atoms with Gasteiger partial charge in [0.2, 0.25) is 0 Å². The smallest absolute Gasteiger partial charge is 0.146 e. The number of anilines is 1. The van der Waals surface area contributed by atoms with Crippen molar-refractivity contribution >= 4 is 5.69 Å². The Bertz CT molecular complexity index is 508. The molecule has 0 amide bonds. The highest BCUT2D eigenvalue weighted by Gasteiger charge is 2.09. The fourth-order valence-corrected chi connectivity index (χ4v) is 1.82. The van der Waals surface area contributed by atoms with E-state index in [-0.39, 0.29) is 19.0 Å². The van der Waals surface area contributed by atoms with Crippen molar-refractivity contribution in [2.24, 2.45) is 0 Å². The molecule has 0 aliphatic rings. The zero-order chi connectivity index (χ0) is 14.4. The molecule has 1 aromatic carbocycles. The molecule has 0 fully saturated rings. The SMILES string of the molecule is Cc1cccc(F)c1NCC(O)COCc1ccco1. The molecule has 4 nitrogen and oxygen atoms in total. The molecule has 0 aliphatic carbocycles. The van der Waals surface area contributed by atoms with E-state index in [4.69, 9.17) is 9.15 Å². The molecule has 0 saturated carbocycles. The molecule has 0 saturated heterocycles. The van der Waals surface area contributed by atoms with Crippen molar-refractivity contribution in [2.75, 3.05) is 18.5 Å². The van der Waals surface area contributed by atoms with E-state index < -0.39 is 6.10 Å². The van der Waals surface area contributed by atoms with E-state index in [1.54, 1.807) is 24.5 Å². The molecule has 2 aromatic rings. The molecule has 2 N–H and O–H groups in total. The van der Waals surface area contributed by atoms with Crippen molar-refractivity contribution in [1.82, 2.24) is 0 Å². The minimum atomic E-state index is -0.719. The third-order valence-electron chi connectivity index (χ3n) is 2.87. The summed E-state index contributed by atoms with van der Waals surface area (Å²) in [5, 5.41) is 12.7. The van der Waals surface area contributed by atoms with Gasteiger partial charge in [0.25, 0.3) is 0 Å². The molecular weight excluding hydrogens is 261 g/mol. The number of benzene rings is 1. The van der Waals surface area contributed by atoms with Crippen LogP contribution in [-0.2, 0) is 11.3 Å². The monoisotopic (exact) mass is 279 g/mol. The van der Waals surface area contributed by atoms with Crippen LogP contribution >= 0.6 is 0 Å². The zero-order valence-corrected chi connectivity index (χ0v) is 11.3. The summed E-state index contributed by atoms with van der Waals surface area (Å²) in [5.41, 5.74) is 1.21. The summed E-state index contributed by atoms with van der Waals surface area (Å²) in [4.78, 5) is 0. The second-order valence-electron chi connectivity index (χ2n) is 4.56. The lowest BCUT2D eigenvalue weighted by molar-refractivity contribution is 0.0282. The molecule has 0 spiro atoms. The Morgan fingerprint density at radius 3 is 2.90 bits per heavy atom. The van der Waals surface area contributed by atoms with Crippen molar-refractivity contribution in [2.45, 2.75) is 19.6 Å². The molecule has 5 heteroatoms. The van der Waals surface area contributed by atoms with Crippen LogP contribution in [0.25, 0.3) is 0 Å². The summed E-state index contributed by atoms with van der Waals surface area (Å²) >= 11 is 0. The minimum Gasteiger partial charge on any atom is -0.467 e. The van der Waals surface area contributed by atoms with E-state index in [1.165, 1.54) is 6.07 Å². The van der Waals surface area contributed by atoms with Crippen LogP contribution in [-0.4, -0.2) is 24.4 Å². The average molecular weight is 279 g/mol. The Hall–Kier alpha value is -1.85. The highest BCUT2D eigenvalue weighted by molar-refractivity contribution is 5.51. The summed E-state index contributed by atoms with van der Waals surface area (Å²) in [6, 6.07) is 8.42. The Kier molecular flexibility index (Phi) is 5.15. The quantitative estimate of drug-likeness (QED) is 0.818. The van der Waals surface area contributed by atoms with E-state index >= 15 is 0 Å². The lowest BCUT2D eigenvalue weighted by atomic mass is 10.2. The molecule has 2 rings (SSSR count). The summed E-state index contributed by atoms with van der Waals surface area (Å²) in [5.74, 6) is 0.379. The summed E-state index contributed by atoms with van der Waals surface area (Å²) < 4.78 is 24.0. The third kappa shape index (κ3) is 4.08. The molecule has 1 heterocycles. The number of ether oxygens (including phenoxy) is 1. The maximum atomic E-state index is 13.6. The van der Waals surface area contributed by atoms with Gasteiger partial charge in [-0.3, -0.25) is 0 Å². The van der Waals surface area contributed by atoms with Crippen LogP contribution in [0.15, 0.2) is 41.0 Å². The fourth-order valence-electron chi connectivity index (χ4n) is 1.82. The van der Waals surface area contributed by atoms with Crippen molar-refractivity contribution in [3.63, 3.8) is 0 Å². The minimum absolute atomic E-state index is 0.154. The number of halogens is 1. The van der Waals surface area contributed by atoms with Crippen LogP contribution in [0.2, 0.25) is 0 Å². The van der Waals surface area contributed by atoms with E-state index in [9.17, 15) is 9.50 Å². The van der Waals surface area contributed by atoms with E-state index in [0.29, 0.717) is 18.1 Å². The largest absolute Gasteiger partial charge is 0.467 e. The molecule has 20 heavy (non-hydrogen) atoms. The van der Waals surface area contributed by atoms with Gasteiger partial charge in [-0.25, -0.2) is 4.39 Å². The van der Waals surface area contributed by atoms with Gasteiger partial charge in [0, 0.05) is 6.54 Å². The first-order valence-electron chi connectivity index (χ1n) is 6.44. The van der Waals surface area contributed by atoms with Gasteiger partial charge in [-0.15, -0.1) is 0 Å². The highest BCUT2D eigenvalue weighted by atomic mass is 19.1. The zero-order valence-electron chi connectivity index (χ0n) is 11.3. The van der Waals surface area contributed by atoms with Gasteiger partial charge in [0.05, 0.1) is 24.7 Å². The number of aryl methyl sites for hydroxylation is 1. The van der Waals surface area contributed by atoms with Crippen LogP contribution < -0.4 is 5.32 Å². The van der Waals surface area contributed by atoms with Gasteiger partial charge >= 0.3 is 0 Å². The van der Waals surface area contributed by atoms with Gasteiger partial charge in [-0.05, 0) is 30.7 Å². The second-order valence-corrected chi connectivity index (χ2v) is 4.56. The number of hydrogen-bond donors (Lipinski definition) is 2. The third-order valence-corrected chi connectivity index (χ3v) is 2.87. The van der Waals surface area contributed by atoms with Crippen LogP contribution in [0.1, 0.15) is 11.3 Å². The Labute approximate surface area is 117 Å². The number of rotatable bonds is 7. The normalized spacial score (nSPS) is 12.3. The van der Waals surface area contributed by atoms with Crippen LogP contribution in [0.4, 0.5) is 10.1 Å². The lowest BCUT2D eigenvalue weighted by Gasteiger charge is -2.14. The molecule has 1 unspecified atom stereocenters. The molecule has 1 aromatic heterocycles. The predicted molar refractivity (Wildman–Crippen MR) is 74.0 cm³/mol. The van der Waals surface area contributed by atoms with Gasteiger partial charge in [0.1, 0.15) is 18.2 Å². The van der Waals surface area contributed by atoms with E-state index in [1.807, 2.05) is 13.0 Å². The van der Waals surface area contributed by atoms with Gasteiger partial charge in [0.15, 0.2) is 0 Å². The standard InChI is InChI=1S/C15H18FNO3/c1-11-4-2-6-14(16)15(11)17-8-12(18)9-19-10-13-5-3-7-20-13/h2-7,12,17-18H,8-10H2,1H3. The van der Waals surface area contributed by atoms with Crippen molar-refractivity contribution in [3.8, 4) is 0 Å². The molecule has 0 radical (unpaired) electrons. The Morgan fingerprint density at radius 1 is 1.35 bits per heavy atom. The summed E-state index contributed by atoms with van der Waals surface area (Å²) in [6.07, 6.45) is 0.849. The first-order valence-corrected chi connectivity index (χ1v) is 6.44. The highest BCUT2D eigenvalue weighted by Crippen LogP contribution is 2.18. The van der Waals surface area contributed by atoms with Crippen LogP contribution in [0.3, 0.4) is 0 Å². The van der Waals surface area contributed by atoms with Gasteiger partial charge in [-0.1, -0.05) is 12.1 Å². The van der Waals surface area contributed by atoms with Crippen molar-refractivity contribution in [3.05, 3.63) is 53.7 Å². The van der Waals surface area contributed by atoms with Gasteiger partial charge in [-0.2, -0.15) is 0 Å². The van der Waals surface area contributed by atoms with E-state index in [0.717, 1.165) is 5.56 Å². The molecule has 0 bridgehead atoms. The first kappa shape index (κ1) is 14.6. The molecule has 108 valence electrons. The number of para-hydroxylation sites is 1. The van der Waals surface area contributed by atoms with Crippen LogP contribution in [0.5, 0.6) is 0 Å². The average Bonchev–Trinajstić information content (AvgIpc) is 2.91. The van der Waals surface area contributed by atoms with Crippen LogP contribution in [0, 0.1) is 12.7 Å². The number of aliphatic hydroxyl groups is 1. The lowest BCUT2D eigenvalue weighted by Crippen LogP contribution is -2.25. The Balaban J connectivity index is 1.73. The van der Waals surface area contributed by atoms with Crippen molar-refractivity contribution in [1.29, 1.82) is 0 Å². The topological polar surface area (TPSA) is 54.6 Å². The maximum absolute atomic E-state index is 13.6. The second kappa shape index (κ2) is 7.07. The molecular formula is C15H18FNO3. The molecule has 0 aliphatic heterocycles. The maximum Gasteiger partial charge on any atom is 0.146 e. The number of furan rings is 1. The molecule has 1 atom stereocenters. The number of aliphatic hydroxyl groups excluding tert-OH is 1. The summed E-state index contributed by atoms with van der Waals surface area (Å²) in [6.45, 7) is 2.50. The first-order chi connectivity index (χ1) is 9.66. The number of nitrogens with one attached hydrogen (secondary N) is 1. The van der Waals surface area contributed by atoms with E-state index in [2.05, 4.69) is 5.32 Å². The summed E-state index contributed by atoms with van der Waals surface area (Å²) in [7, 11) is 0. The Morgan fingerprint density at radius 2 is 2.20 bits per heavy atom. The number of hydrogen-bond acceptors (Lipinski definition) is 4. The fraction of sp³-hybridized carbons (Fsp3) is 0.333. The predicted octanol–water partition coefficient (Wildman–Crippen LogP) is 2.72. The van der Waals surface area contributed by atoms with Crippen molar-refractivity contribution < 1.29 is 18.7 Å². The van der Waals surface area contributed by atoms with Gasteiger partial charge < -0.3 is 19.6 Å².